The smallest absolute Gasteiger partial charge is 0.317 e. The third-order valence-corrected chi connectivity index (χ3v) is 5.94. The van der Waals surface area contributed by atoms with Crippen molar-refractivity contribution in [2.24, 2.45) is 5.10 Å². The zero-order chi connectivity index (χ0) is 22.5. The second-order valence-electron chi connectivity index (χ2n) is 8.42. The summed E-state index contributed by atoms with van der Waals surface area (Å²) in [6.45, 7) is 5.24. The van der Waals surface area contributed by atoms with E-state index in [4.69, 9.17) is 5.11 Å². The van der Waals surface area contributed by atoms with Crippen LogP contribution in [0.2, 0.25) is 0 Å². The van der Waals surface area contributed by atoms with E-state index in [2.05, 4.69) is 27.4 Å². The molecule has 1 amide bonds. The van der Waals surface area contributed by atoms with E-state index in [0.717, 1.165) is 55.0 Å². The molecule has 1 saturated heterocycles. The number of carboxylic acids is 1. The molecule has 4 rings (SSSR count). The Labute approximate surface area is 188 Å². The number of carbonyl (C=O) groups is 2. The van der Waals surface area contributed by atoms with Gasteiger partial charge in [0.1, 0.15) is 0 Å². The lowest BCUT2D eigenvalue weighted by Gasteiger charge is -2.30. The summed E-state index contributed by atoms with van der Waals surface area (Å²) in [6.07, 6.45) is 2.61. The molecule has 0 bridgehead atoms. The number of hydrogen-bond acceptors (Lipinski definition) is 6. The maximum absolute atomic E-state index is 12.7. The maximum Gasteiger partial charge on any atom is 0.317 e. The van der Waals surface area contributed by atoms with Gasteiger partial charge in [0.05, 0.1) is 12.8 Å². The van der Waals surface area contributed by atoms with E-state index >= 15 is 0 Å². The first kappa shape index (κ1) is 22.0. The minimum atomic E-state index is -0.811. The van der Waals surface area contributed by atoms with Crippen LogP contribution in [0.25, 0.3) is 0 Å². The first-order chi connectivity index (χ1) is 15.5. The number of nitrogens with one attached hydrogen (secondary N) is 1. The van der Waals surface area contributed by atoms with E-state index in [1.807, 2.05) is 53.6 Å². The highest BCUT2D eigenvalue weighted by Gasteiger charge is 2.19. The van der Waals surface area contributed by atoms with Crippen molar-refractivity contribution in [2.75, 3.05) is 51.6 Å². The molecule has 2 heterocycles. The Morgan fingerprint density at radius 2 is 1.78 bits per heavy atom. The lowest BCUT2D eigenvalue weighted by Crippen LogP contribution is -2.41. The summed E-state index contributed by atoms with van der Waals surface area (Å²) in [5.74, 6) is -0.968. The lowest BCUT2D eigenvalue weighted by molar-refractivity contribution is -0.138. The number of aliphatic carboxylic acids is 1. The number of carboxylic acid groups (broad SMARTS) is 1. The molecular weight excluding hydrogens is 406 g/mol. The molecule has 2 aliphatic rings. The number of hydrogen-bond donors (Lipinski definition) is 2. The van der Waals surface area contributed by atoms with Gasteiger partial charge in [-0.15, -0.1) is 0 Å². The van der Waals surface area contributed by atoms with E-state index in [-0.39, 0.29) is 12.5 Å². The van der Waals surface area contributed by atoms with Crippen molar-refractivity contribution in [2.45, 2.75) is 13.0 Å². The van der Waals surface area contributed by atoms with Gasteiger partial charge in [0.25, 0.3) is 5.91 Å². The van der Waals surface area contributed by atoms with Crippen LogP contribution in [-0.2, 0) is 17.8 Å². The second kappa shape index (κ2) is 9.93. The topological polar surface area (TPSA) is 88.5 Å². The van der Waals surface area contributed by atoms with Gasteiger partial charge in [0, 0.05) is 50.5 Å². The summed E-state index contributed by atoms with van der Waals surface area (Å²) in [5.41, 5.74) is 4.56. The Balaban J connectivity index is 1.33. The van der Waals surface area contributed by atoms with E-state index in [0.29, 0.717) is 18.7 Å². The number of nitrogens with zero attached hydrogens (tertiary/aromatic N) is 4. The number of anilines is 1. The Hall–Kier alpha value is -3.23. The highest BCUT2D eigenvalue weighted by molar-refractivity contribution is 6.04. The van der Waals surface area contributed by atoms with Crippen molar-refractivity contribution in [1.29, 1.82) is 0 Å². The molecule has 8 nitrogen and oxygen atoms in total. The van der Waals surface area contributed by atoms with Crippen LogP contribution in [-0.4, -0.2) is 84.3 Å². The van der Waals surface area contributed by atoms with Gasteiger partial charge in [-0.1, -0.05) is 18.2 Å². The zero-order valence-electron chi connectivity index (χ0n) is 18.3. The molecule has 32 heavy (non-hydrogen) atoms. The van der Waals surface area contributed by atoms with Gasteiger partial charge in [0.2, 0.25) is 0 Å². The van der Waals surface area contributed by atoms with Crippen molar-refractivity contribution < 1.29 is 14.7 Å². The molecule has 1 fully saturated rings. The fourth-order valence-electron chi connectivity index (χ4n) is 4.00. The molecular formula is C24H29N5O3. The molecule has 0 aromatic heterocycles. The molecule has 0 atom stereocenters. The van der Waals surface area contributed by atoms with E-state index in [1.165, 1.54) is 0 Å². The molecule has 0 saturated carbocycles. The maximum atomic E-state index is 12.7. The van der Waals surface area contributed by atoms with Crippen LogP contribution in [0, 0.1) is 0 Å². The van der Waals surface area contributed by atoms with Crippen molar-refractivity contribution >= 4 is 23.8 Å². The minimum Gasteiger partial charge on any atom is -0.480 e. The van der Waals surface area contributed by atoms with E-state index < -0.39 is 5.97 Å². The van der Waals surface area contributed by atoms with Gasteiger partial charge in [-0.05, 0) is 54.4 Å². The average Bonchev–Trinajstić information content (AvgIpc) is 2.79. The number of likely N-dealkylation sites (N-methyl/N-ethyl adjacent to an activating group) is 1. The summed E-state index contributed by atoms with van der Waals surface area (Å²) in [6, 6.07) is 13.2. The molecule has 2 aliphatic heterocycles. The molecule has 2 aromatic rings. The highest BCUT2D eigenvalue weighted by atomic mass is 16.4. The van der Waals surface area contributed by atoms with E-state index in [9.17, 15) is 9.59 Å². The summed E-state index contributed by atoms with van der Waals surface area (Å²) in [4.78, 5) is 27.8. The number of benzene rings is 2. The number of piperazine rings is 1. The summed E-state index contributed by atoms with van der Waals surface area (Å²) < 4.78 is 0. The Bertz CT molecular complexity index is 997. The zero-order valence-corrected chi connectivity index (χ0v) is 18.3. The van der Waals surface area contributed by atoms with Crippen LogP contribution in [0.1, 0.15) is 27.0 Å². The number of carbonyl (C=O) groups excluding carboxylic acids is 1. The lowest BCUT2D eigenvalue weighted by atomic mass is 9.99. The Kier molecular flexibility index (Phi) is 6.82. The van der Waals surface area contributed by atoms with Crippen LogP contribution in [0.3, 0.4) is 0 Å². The summed E-state index contributed by atoms with van der Waals surface area (Å²) >= 11 is 0. The second-order valence-corrected chi connectivity index (χ2v) is 8.42. The summed E-state index contributed by atoms with van der Waals surface area (Å²) in [7, 11) is 2.12. The van der Waals surface area contributed by atoms with Crippen LogP contribution < -0.4 is 5.32 Å². The molecule has 0 aliphatic carbocycles. The largest absolute Gasteiger partial charge is 0.480 e. The third-order valence-electron chi connectivity index (χ3n) is 5.94. The Morgan fingerprint density at radius 3 is 2.50 bits per heavy atom. The van der Waals surface area contributed by atoms with E-state index in [1.54, 1.807) is 0 Å². The molecule has 0 radical (unpaired) electrons. The van der Waals surface area contributed by atoms with Crippen molar-refractivity contribution in [3.8, 4) is 0 Å². The average molecular weight is 436 g/mol. The molecule has 168 valence electrons. The van der Waals surface area contributed by atoms with Crippen LogP contribution in [0.5, 0.6) is 0 Å². The SMILES string of the molecule is CN1CCN(N=Cc2ccc(C(=O)Nc3ccc4c(c3)CCN(CC(=O)O)C4)cc2)CC1. The fourth-order valence-corrected chi connectivity index (χ4v) is 4.00. The quantitative estimate of drug-likeness (QED) is 0.675. The molecule has 0 spiro atoms. The van der Waals surface area contributed by atoms with Gasteiger partial charge < -0.3 is 15.3 Å². The number of amides is 1. The Morgan fingerprint density at radius 1 is 1.03 bits per heavy atom. The normalized spacial score (nSPS) is 17.3. The predicted octanol–water partition coefficient (Wildman–Crippen LogP) is 1.96. The third kappa shape index (κ3) is 5.72. The molecule has 0 unspecified atom stereocenters. The van der Waals surface area contributed by atoms with Crippen LogP contribution in [0.4, 0.5) is 5.69 Å². The number of fused-ring (bicyclic) bond motifs is 1. The molecule has 8 heteroatoms. The molecule has 2 N–H and O–H groups in total. The summed E-state index contributed by atoms with van der Waals surface area (Å²) in [5, 5.41) is 18.6. The molecule has 2 aromatic carbocycles. The van der Waals surface area contributed by atoms with Crippen LogP contribution >= 0.6 is 0 Å². The predicted molar refractivity (Wildman–Crippen MR) is 124 cm³/mol. The van der Waals surface area contributed by atoms with Crippen molar-refractivity contribution in [3.05, 3.63) is 64.7 Å². The van der Waals surface area contributed by atoms with Gasteiger partial charge in [0.15, 0.2) is 0 Å². The first-order valence-corrected chi connectivity index (χ1v) is 10.9. The first-order valence-electron chi connectivity index (χ1n) is 10.9. The van der Waals surface area contributed by atoms with Gasteiger partial charge in [-0.2, -0.15) is 5.10 Å². The van der Waals surface area contributed by atoms with Crippen LogP contribution in [0.15, 0.2) is 47.6 Å². The highest BCUT2D eigenvalue weighted by Crippen LogP contribution is 2.23. The minimum absolute atomic E-state index is 0.0496. The van der Waals surface area contributed by atoms with Crippen molar-refractivity contribution in [3.63, 3.8) is 0 Å². The number of hydrazone groups is 1. The van der Waals surface area contributed by atoms with Gasteiger partial charge >= 0.3 is 5.97 Å². The van der Waals surface area contributed by atoms with Gasteiger partial charge in [-0.3, -0.25) is 19.5 Å². The van der Waals surface area contributed by atoms with Crippen molar-refractivity contribution in [1.82, 2.24) is 14.8 Å². The van der Waals surface area contributed by atoms with Gasteiger partial charge in [-0.25, -0.2) is 0 Å². The standard InChI is InChI=1S/C24H29N5O3/c1-27-10-12-29(13-11-27)25-15-18-2-4-19(5-3-18)24(32)26-22-7-6-21-16-28(17-23(30)31)9-8-20(21)14-22/h2-7,14-15H,8-13,16-17H2,1H3,(H,26,32)(H,30,31). The monoisotopic (exact) mass is 435 g/mol. The number of rotatable bonds is 6. The fraction of sp³-hybridized carbons (Fsp3) is 0.375.